The zero-order chi connectivity index (χ0) is 24.4. The van der Waals surface area contributed by atoms with Crippen LogP contribution < -0.4 is 15.8 Å². The third-order valence-electron chi connectivity index (χ3n) is 6.07. The van der Waals surface area contributed by atoms with Crippen LogP contribution >= 0.6 is 0 Å². The first-order valence-corrected chi connectivity index (χ1v) is 11.3. The third kappa shape index (κ3) is 4.68. The number of carbonyl (C=O) groups is 2. The van der Waals surface area contributed by atoms with E-state index in [2.05, 4.69) is 15.4 Å². The maximum Gasteiger partial charge on any atom is 0.264 e. The molecule has 0 saturated carbocycles. The molecular formula is C25H23FN6O3. The number of amides is 2. The summed E-state index contributed by atoms with van der Waals surface area (Å²) >= 11 is 0. The van der Waals surface area contributed by atoms with Gasteiger partial charge in [-0.25, -0.2) is 14.1 Å². The Labute approximate surface area is 199 Å². The van der Waals surface area contributed by atoms with Gasteiger partial charge >= 0.3 is 0 Å². The maximum absolute atomic E-state index is 13.1. The average molecular weight is 474 g/mol. The van der Waals surface area contributed by atoms with Gasteiger partial charge in [-0.2, -0.15) is 5.10 Å². The van der Waals surface area contributed by atoms with E-state index in [0.29, 0.717) is 24.1 Å². The van der Waals surface area contributed by atoms with Crippen molar-refractivity contribution in [3.8, 4) is 0 Å². The number of carbonyl (C=O) groups excluding carboxylic acids is 2. The van der Waals surface area contributed by atoms with Crippen LogP contribution in [0.5, 0.6) is 0 Å². The largest absolute Gasteiger partial charge is 0.354 e. The van der Waals surface area contributed by atoms with Gasteiger partial charge in [0.2, 0.25) is 11.8 Å². The molecule has 0 spiro atoms. The highest BCUT2D eigenvalue weighted by Crippen LogP contribution is 2.24. The van der Waals surface area contributed by atoms with Crippen molar-refractivity contribution in [3.05, 3.63) is 88.9 Å². The Morgan fingerprint density at radius 1 is 1.09 bits per heavy atom. The summed E-state index contributed by atoms with van der Waals surface area (Å²) in [6.07, 6.45) is 3.06. The van der Waals surface area contributed by atoms with Gasteiger partial charge in [0.05, 0.1) is 25.2 Å². The molecule has 2 amide bonds. The van der Waals surface area contributed by atoms with Gasteiger partial charge in [0.15, 0.2) is 5.65 Å². The Balaban J connectivity index is 1.20. The first-order valence-electron chi connectivity index (χ1n) is 11.3. The van der Waals surface area contributed by atoms with Crippen LogP contribution in [-0.4, -0.2) is 44.2 Å². The fourth-order valence-corrected chi connectivity index (χ4v) is 4.23. The van der Waals surface area contributed by atoms with E-state index in [1.165, 1.54) is 29.2 Å². The molecule has 0 bridgehead atoms. The summed E-state index contributed by atoms with van der Waals surface area (Å²) < 4.78 is 16.1. The average Bonchev–Trinajstić information content (AvgIpc) is 3.47. The van der Waals surface area contributed by atoms with Crippen molar-refractivity contribution in [3.63, 3.8) is 0 Å². The molecule has 9 nitrogen and oxygen atoms in total. The molecule has 1 unspecified atom stereocenters. The van der Waals surface area contributed by atoms with Gasteiger partial charge in [0.1, 0.15) is 17.5 Å². The lowest BCUT2D eigenvalue weighted by Gasteiger charge is -2.16. The predicted molar refractivity (Wildman–Crippen MR) is 127 cm³/mol. The van der Waals surface area contributed by atoms with Crippen LogP contribution in [0, 0.1) is 11.7 Å². The van der Waals surface area contributed by atoms with Crippen molar-refractivity contribution in [2.24, 2.45) is 5.92 Å². The molecule has 5 rings (SSSR count). The lowest BCUT2D eigenvalue weighted by Crippen LogP contribution is -2.35. The van der Waals surface area contributed by atoms with E-state index in [1.807, 2.05) is 30.3 Å². The minimum absolute atomic E-state index is 0.0736. The third-order valence-corrected chi connectivity index (χ3v) is 6.07. The predicted octanol–water partition coefficient (Wildman–Crippen LogP) is 1.95. The molecule has 1 aliphatic heterocycles. The second-order valence-electron chi connectivity index (χ2n) is 8.44. The van der Waals surface area contributed by atoms with Gasteiger partial charge in [-0.1, -0.05) is 30.3 Å². The number of aromatic nitrogens is 4. The van der Waals surface area contributed by atoms with Gasteiger partial charge in [0, 0.05) is 25.2 Å². The number of benzene rings is 2. The van der Waals surface area contributed by atoms with E-state index >= 15 is 0 Å². The molecule has 1 N–H and O–H groups in total. The quantitative estimate of drug-likeness (QED) is 0.441. The molecule has 35 heavy (non-hydrogen) atoms. The maximum atomic E-state index is 13.1. The number of anilines is 1. The van der Waals surface area contributed by atoms with Crippen LogP contribution in [0.25, 0.3) is 11.0 Å². The smallest absolute Gasteiger partial charge is 0.264 e. The van der Waals surface area contributed by atoms with Gasteiger partial charge < -0.3 is 10.2 Å². The van der Waals surface area contributed by atoms with E-state index in [4.69, 9.17) is 0 Å². The SMILES string of the molecule is O=C(NCCn1ncc2c(=O)n(Cc3ccc(F)cc3)cnc21)C1CC(=O)N(c2ccccc2)C1. The highest BCUT2D eigenvalue weighted by Gasteiger charge is 2.34. The zero-order valence-electron chi connectivity index (χ0n) is 18.8. The normalized spacial score (nSPS) is 15.6. The number of fused-ring (bicyclic) bond motifs is 1. The first kappa shape index (κ1) is 22.5. The summed E-state index contributed by atoms with van der Waals surface area (Å²) in [6, 6.07) is 15.2. The summed E-state index contributed by atoms with van der Waals surface area (Å²) in [6.45, 7) is 1.22. The second-order valence-corrected chi connectivity index (χ2v) is 8.44. The highest BCUT2D eigenvalue weighted by molar-refractivity contribution is 6.00. The molecule has 178 valence electrons. The monoisotopic (exact) mass is 474 g/mol. The van der Waals surface area contributed by atoms with Crippen molar-refractivity contribution in [1.29, 1.82) is 0 Å². The van der Waals surface area contributed by atoms with Gasteiger partial charge in [0.25, 0.3) is 5.56 Å². The lowest BCUT2D eigenvalue weighted by atomic mass is 10.1. The van der Waals surface area contributed by atoms with E-state index in [0.717, 1.165) is 11.3 Å². The number of rotatable bonds is 7. The van der Waals surface area contributed by atoms with Crippen molar-refractivity contribution in [2.75, 3.05) is 18.0 Å². The van der Waals surface area contributed by atoms with E-state index in [-0.39, 0.29) is 42.7 Å². The first-order chi connectivity index (χ1) is 17.0. The minimum Gasteiger partial charge on any atom is -0.354 e. The molecule has 1 atom stereocenters. The summed E-state index contributed by atoms with van der Waals surface area (Å²) in [5, 5.41) is 7.48. The van der Waals surface area contributed by atoms with E-state index in [1.54, 1.807) is 21.7 Å². The molecule has 0 radical (unpaired) electrons. The summed E-state index contributed by atoms with van der Waals surface area (Å²) in [5.74, 6) is -1.02. The lowest BCUT2D eigenvalue weighted by molar-refractivity contribution is -0.126. The van der Waals surface area contributed by atoms with Crippen molar-refractivity contribution in [2.45, 2.75) is 19.5 Å². The topological polar surface area (TPSA) is 102 Å². The number of halogens is 1. The Kier molecular flexibility index (Phi) is 6.09. The Morgan fingerprint density at radius 2 is 1.86 bits per heavy atom. The molecule has 0 aliphatic carbocycles. The van der Waals surface area contributed by atoms with Crippen molar-refractivity contribution in [1.82, 2.24) is 24.6 Å². The van der Waals surface area contributed by atoms with Crippen molar-refractivity contribution < 1.29 is 14.0 Å². The van der Waals surface area contributed by atoms with Crippen LogP contribution in [0.2, 0.25) is 0 Å². The van der Waals surface area contributed by atoms with Gasteiger partial charge in [-0.3, -0.25) is 19.0 Å². The molecule has 1 saturated heterocycles. The number of nitrogens with zero attached hydrogens (tertiary/aromatic N) is 5. The van der Waals surface area contributed by atoms with E-state index in [9.17, 15) is 18.8 Å². The molecular weight excluding hydrogens is 451 g/mol. The Hall–Kier alpha value is -4.34. The van der Waals surface area contributed by atoms with Crippen LogP contribution in [-0.2, 0) is 22.7 Å². The molecule has 1 fully saturated rings. The van der Waals surface area contributed by atoms with Gasteiger partial charge in [-0.15, -0.1) is 0 Å². The minimum atomic E-state index is -0.422. The van der Waals surface area contributed by atoms with Crippen LogP contribution in [0.4, 0.5) is 10.1 Å². The second kappa shape index (κ2) is 9.49. The van der Waals surface area contributed by atoms with Crippen LogP contribution in [0.3, 0.4) is 0 Å². The molecule has 2 aromatic carbocycles. The number of nitrogens with one attached hydrogen (secondary N) is 1. The van der Waals surface area contributed by atoms with Crippen molar-refractivity contribution >= 4 is 28.5 Å². The number of hydrogen-bond donors (Lipinski definition) is 1. The standard InChI is InChI=1S/C25H23FN6O3/c26-19-8-6-17(7-9-19)14-30-16-28-23-21(25(30)35)13-29-32(23)11-10-27-24(34)18-12-22(33)31(15-18)20-4-2-1-3-5-20/h1-9,13,16,18H,10-12,14-15H2,(H,27,34). The Bertz CT molecular complexity index is 1430. The van der Waals surface area contributed by atoms with Gasteiger partial charge in [-0.05, 0) is 29.8 Å². The number of hydrogen-bond acceptors (Lipinski definition) is 5. The van der Waals surface area contributed by atoms with E-state index < -0.39 is 5.92 Å². The molecule has 4 aromatic rings. The number of para-hydroxylation sites is 1. The summed E-state index contributed by atoms with van der Waals surface area (Å²) in [7, 11) is 0. The fraction of sp³-hybridized carbons (Fsp3) is 0.240. The fourth-order valence-electron chi connectivity index (χ4n) is 4.23. The summed E-state index contributed by atoms with van der Waals surface area (Å²) in [4.78, 5) is 43.8. The molecule has 10 heteroatoms. The molecule has 1 aliphatic rings. The summed E-state index contributed by atoms with van der Waals surface area (Å²) in [5.41, 5.74) is 1.74. The zero-order valence-corrected chi connectivity index (χ0v) is 18.8. The molecule has 2 aromatic heterocycles. The Morgan fingerprint density at radius 3 is 2.63 bits per heavy atom. The molecule has 3 heterocycles. The highest BCUT2D eigenvalue weighted by atomic mass is 19.1. The van der Waals surface area contributed by atoms with Crippen LogP contribution in [0.1, 0.15) is 12.0 Å². The van der Waals surface area contributed by atoms with Crippen LogP contribution in [0.15, 0.2) is 71.9 Å².